The third kappa shape index (κ3) is 3.73. The SMILES string of the molecule is CCc1nc(NC(=O)[C@@H](N)CC)sc1C.Cl. The van der Waals surface area contributed by atoms with Crippen LogP contribution < -0.4 is 11.1 Å². The van der Waals surface area contributed by atoms with E-state index in [1.165, 1.54) is 11.3 Å². The first kappa shape index (κ1) is 15.3. The Labute approximate surface area is 106 Å². The summed E-state index contributed by atoms with van der Waals surface area (Å²) in [6, 6.07) is -0.445. The van der Waals surface area contributed by atoms with Crippen LogP contribution in [0.25, 0.3) is 0 Å². The van der Waals surface area contributed by atoms with E-state index < -0.39 is 6.04 Å². The summed E-state index contributed by atoms with van der Waals surface area (Å²) in [4.78, 5) is 16.9. The zero-order valence-electron chi connectivity index (χ0n) is 9.74. The summed E-state index contributed by atoms with van der Waals surface area (Å²) in [6.45, 7) is 5.94. The second-order valence-electron chi connectivity index (χ2n) is 3.38. The van der Waals surface area contributed by atoms with E-state index in [4.69, 9.17) is 5.73 Å². The summed E-state index contributed by atoms with van der Waals surface area (Å²) < 4.78 is 0. The first-order chi connectivity index (χ1) is 7.08. The van der Waals surface area contributed by atoms with E-state index in [9.17, 15) is 4.79 Å². The normalized spacial score (nSPS) is 11.8. The molecular formula is C10H18ClN3OS. The Morgan fingerprint density at radius 3 is 2.62 bits per heavy atom. The molecule has 0 aliphatic heterocycles. The zero-order chi connectivity index (χ0) is 11.4. The van der Waals surface area contributed by atoms with Crippen molar-refractivity contribution >= 4 is 34.8 Å². The van der Waals surface area contributed by atoms with Crippen LogP contribution >= 0.6 is 23.7 Å². The summed E-state index contributed by atoms with van der Waals surface area (Å²) >= 11 is 1.50. The van der Waals surface area contributed by atoms with Crippen LogP contribution in [-0.2, 0) is 11.2 Å². The lowest BCUT2D eigenvalue weighted by atomic mass is 10.2. The Kier molecular flexibility index (Phi) is 6.55. The molecule has 0 aliphatic carbocycles. The van der Waals surface area contributed by atoms with Crippen LogP contribution in [0.1, 0.15) is 30.8 Å². The van der Waals surface area contributed by atoms with E-state index >= 15 is 0 Å². The fraction of sp³-hybridized carbons (Fsp3) is 0.600. The molecule has 1 atom stereocenters. The first-order valence-electron chi connectivity index (χ1n) is 5.11. The number of nitrogens with two attached hydrogens (primary N) is 1. The van der Waals surface area contributed by atoms with Gasteiger partial charge in [0.05, 0.1) is 11.7 Å². The van der Waals surface area contributed by atoms with Gasteiger partial charge < -0.3 is 11.1 Å². The molecule has 1 heterocycles. The molecule has 92 valence electrons. The summed E-state index contributed by atoms with van der Waals surface area (Å²) in [5.74, 6) is -0.158. The van der Waals surface area contributed by atoms with E-state index in [0.29, 0.717) is 11.6 Å². The molecule has 1 aromatic heterocycles. The zero-order valence-corrected chi connectivity index (χ0v) is 11.4. The van der Waals surface area contributed by atoms with Gasteiger partial charge >= 0.3 is 0 Å². The minimum atomic E-state index is -0.445. The summed E-state index contributed by atoms with van der Waals surface area (Å²) in [6.07, 6.45) is 1.52. The standard InChI is InChI=1S/C10H17N3OS.ClH/c1-4-7(11)9(14)13-10-12-8(5-2)6(3)15-10;/h7H,4-5,11H2,1-3H3,(H,12,13,14);1H/t7-;/m0./s1. The Morgan fingerprint density at radius 2 is 2.19 bits per heavy atom. The van der Waals surface area contributed by atoms with Crippen LogP contribution in [0.15, 0.2) is 0 Å². The van der Waals surface area contributed by atoms with Crippen molar-refractivity contribution in [3.8, 4) is 0 Å². The molecule has 0 radical (unpaired) electrons. The number of aromatic nitrogens is 1. The van der Waals surface area contributed by atoms with Crippen molar-refractivity contribution in [1.82, 2.24) is 4.98 Å². The van der Waals surface area contributed by atoms with Gasteiger partial charge in [-0.1, -0.05) is 13.8 Å². The highest BCUT2D eigenvalue weighted by molar-refractivity contribution is 7.15. The maximum absolute atomic E-state index is 11.5. The third-order valence-corrected chi connectivity index (χ3v) is 3.16. The first-order valence-corrected chi connectivity index (χ1v) is 5.92. The predicted octanol–water partition coefficient (Wildman–Crippen LogP) is 2.11. The van der Waals surface area contributed by atoms with Gasteiger partial charge in [0, 0.05) is 4.88 Å². The van der Waals surface area contributed by atoms with E-state index in [1.54, 1.807) is 0 Å². The number of aryl methyl sites for hydroxylation is 2. The van der Waals surface area contributed by atoms with Crippen molar-refractivity contribution < 1.29 is 4.79 Å². The van der Waals surface area contributed by atoms with Crippen LogP contribution in [0.5, 0.6) is 0 Å². The van der Waals surface area contributed by atoms with Gasteiger partial charge in [0.1, 0.15) is 0 Å². The highest BCUT2D eigenvalue weighted by Gasteiger charge is 2.13. The van der Waals surface area contributed by atoms with Gasteiger partial charge in [0.25, 0.3) is 0 Å². The lowest BCUT2D eigenvalue weighted by Gasteiger charge is -2.06. The van der Waals surface area contributed by atoms with Crippen molar-refractivity contribution in [2.45, 2.75) is 39.7 Å². The van der Waals surface area contributed by atoms with Crippen LogP contribution in [0, 0.1) is 6.92 Å². The maximum Gasteiger partial charge on any atom is 0.243 e. The number of halogens is 1. The van der Waals surface area contributed by atoms with Crippen molar-refractivity contribution in [2.75, 3.05) is 5.32 Å². The molecule has 0 bridgehead atoms. The van der Waals surface area contributed by atoms with Crippen molar-refractivity contribution in [3.63, 3.8) is 0 Å². The van der Waals surface area contributed by atoms with E-state index in [0.717, 1.165) is 17.0 Å². The van der Waals surface area contributed by atoms with Crippen LogP contribution in [0.3, 0.4) is 0 Å². The molecule has 0 saturated heterocycles. The van der Waals surface area contributed by atoms with E-state index in [-0.39, 0.29) is 18.3 Å². The van der Waals surface area contributed by atoms with Gasteiger partial charge in [0.2, 0.25) is 5.91 Å². The summed E-state index contributed by atoms with van der Waals surface area (Å²) in [5, 5.41) is 3.38. The van der Waals surface area contributed by atoms with Gasteiger partial charge in [0.15, 0.2) is 5.13 Å². The minimum absolute atomic E-state index is 0. The molecule has 4 nitrogen and oxygen atoms in total. The second-order valence-corrected chi connectivity index (χ2v) is 4.58. The number of thiazole rings is 1. The number of hydrogen-bond acceptors (Lipinski definition) is 4. The number of anilines is 1. The number of carbonyl (C=O) groups is 1. The number of nitrogens with zero attached hydrogens (tertiary/aromatic N) is 1. The molecule has 0 unspecified atom stereocenters. The molecule has 6 heteroatoms. The molecule has 0 spiro atoms. The molecular weight excluding hydrogens is 246 g/mol. The quantitative estimate of drug-likeness (QED) is 0.874. The minimum Gasteiger partial charge on any atom is -0.320 e. The lowest BCUT2D eigenvalue weighted by molar-refractivity contribution is -0.117. The average molecular weight is 264 g/mol. The Hall–Kier alpha value is -0.650. The van der Waals surface area contributed by atoms with E-state index in [1.807, 2.05) is 20.8 Å². The van der Waals surface area contributed by atoms with E-state index in [2.05, 4.69) is 10.3 Å². The smallest absolute Gasteiger partial charge is 0.243 e. The van der Waals surface area contributed by atoms with Crippen LogP contribution in [0.4, 0.5) is 5.13 Å². The molecule has 1 amide bonds. The van der Waals surface area contributed by atoms with Crippen molar-refractivity contribution in [2.24, 2.45) is 5.73 Å². The van der Waals surface area contributed by atoms with Crippen molar-refractivity contribution in [3.05, 3.63) is 10.6 Å². The fourth-order valence-corrected chi connectivity index (χ4v) is 2.10. The monoisotopic (exact) mass is 263 g/mol. The molecule has 0 aromatic carbocycles. The summed E-state index contributed by atoms with van der Waals surface area (Å²) in [7, 11) is 0. The Balaban J connectivity index is 0.00000225. The predicted molar refractivity (Wildman–Crippen MR) is 70.4 cm³/mol. The van der Waals surface area contributed by atoms with Gasteiger partial charge in [-0.05, 0) is 19.8 Å². The number of rotatable bonds is 4. The number of carbonyl (C=O) groups excluding carboxylic acids is 1. The fourth-order valence-electron chi connectivity index (χ4n) is 1.19. The summed E-state index contributed by atoms with van der Waals surface area (Å²) in [5.41, 5.74) is 6.65. The topological polar surface area (TPSA) is 68.0 Å². The molecule has 0 aliphatic rings. The second kappa shape index (κ2) is 6.83. The van der Waals surface area contributed by atoms with Gasteiger partial charge in [-0.15, -0.1) is 23.7 Å². The molecule has 0 saturated carbocycles. The van der Waals surface area contributed by atoms with Crippen molar-refractivity contribution in [1.29, 1.82) is 0 Å². The molecule has 0 fully saturated rings. The van der Waals surface area contributed by atoms with Crippen LogP contribution in [0.2, 0.25) is 0 Å². The highest BCUT2D eigenvalue weighted by atomic mass is 35.5. The number of nitrogens with one attached hydrogen (secondary N) is 1. The molecule has 3 N–H and O–H groups in total. The molecule has 1 aromatic rings. The Bertz CT molecular complexity index is 354. The average Bonchev–Trinajstić information content (AvgIpc) is 2.57. The molecule has 16 heavy (non-hydrogen) atoms. The Morgan fingerprint density at radius 1 is 1.56 bits per heavy atom. The van der Waals surface area contributed by atoms with Gasteiger partial charge in [-0.2, -0.15) is 0 Å². The number of amides is 1. The maximum atomic E-state index is 11.5. The van der Waals surface area contributed by atoms with Crippen LogP contribution in [-0.4, -0.2) is 16.9 Å². The highest BCUT2D eigenvalue weighted by Crippen LogP contribution is 2.22. The molecule has 1 rings (SSSR count). The largest absolute Gasteiger partial charge is 0.320 e. The lowest BCUT2D eigenvalue weighted by Crippen LogP contribution is -2.34. The third-order valence-electron chi connectivity index (χ3n) is 2.23. The van der Waals surface area contributed by atoms with Gasteiger partial charge in [-0.3, -0.25) is 4.79 Å². The number of hydrogen-bond donors (Lipinski definition) is 2. The van der Waals surface area contributed by atoms with Gasteiger partial charge in [-0.25, -0.2) is 4.98 Å².